The molecule has 0 radical (unpaired) electrons. The van der Waals surface area contributed by atoms with Crippen LogP contribution in [0.2, 0.25) is 0 Å². The van der Waals surface area contributed by atoms with Crippen LogP contribution in [0.15, 0.2) is 59.8 Å². The van der Waals surface area contributed by atoms with E-state index in [-0.39, 0.29) is 30.1 Å². The number of benzene rings is 2. The lowest BCUT2D eigenvalue weighted by molar-refractivity contribution is -0.121. The molecular weight excluding hydrogens is 453 g/mol. The highest BCUT2D eigenvalue weighted by Crippen LogP contribution is 2.35. The van der Waals surface area contributed by atoms with Crippen molar-refractivity contribution in [2.24, 2.45) is 0 Å². The molecular formula is C24H20FN7O3. The monoisotopic (exact) mass is 473 g/mol. The zero-order valence-electron chi connectivity index (χ0n) is 18.7. The summed E-state index contributed by atoms with van der Waals surface area (Å²) in [4.78, 5) is 39.3. The minimum absolute atomic E-state index is 0.175. The van der Waals surface area contributed by atoms with Crippen LogP contribution in [0.3, 0.4) is 0 Å². The Hall–Kier alpha value is -4.54. The number of halogens is 1. The van der Waals surface area contributed by atoms with Gasteiger partial charge in [-0.05, 0) is 18.2 Å². The molecule has 10 nitrogen and oxygen atoms in total. The normalized spacial score (nSPS) is 15.2. The Bertz CT molecular complexity index is 1670. The number of carbonyl (C=O) groups is 1. The molecule has 1 aliphatic heterocycles. The van der Waals surface area contributed by atoms with Crippen LogP contribution in [0.1, 0.15) is 18.0 Å². The molecule has 176 valence electrons. The molecule has 11 heteroatoms. The van der Waals surface area contributed by atoms with Gasteiger partial charge in [0.25, 0.3) is 0 Å². The lowest BCUT2D eigenvalue weighted by atomic mass is 10.0. The Balaban J connectivity index is 1.60. The van der Waals surface area contributed by atoms with E-state index in [0.717, 1.165) is 5.56 Å². The second-order valence-corrected chi connectivity index (χ2v) is 8.23. The number of hydrogen-bond acceptors (Lipinski definition) is 6. The summed E-state index contributed by atoms with van der Waals surface area (Å²) < 4.78 is 24.3. The summed E-state index contributed by atoms with van der Waals surface area (Å²) in [6, 6.07) is 11.5. The fraction of sp³-hybridized carbons (Fsp3) is 0.208. The Morgan fingerprint density at radius 2 is 2.06 bits per heavy atom. The number of nitrogens with one attached hydrogen (secondary N) is 1. The van der Waals surface area contributed by atoms with E-state index < -0.39 is 5.82 Å². The van der Waals surface area contributed by atoms with Crippen LogP contribution in [-0.4, -0.2) is 48.2 Å². The van der Waals surface area contributed by atoms with Crippen molar-refractivity contribution in [1.29, 1.82) is 0 Å². The van der Waals surface area contributed by atoms with Crippen LogP contribution >= 0.6 is 0 Å². The first-order valence-electron chi connectivity index (χ1n) is 11.1. The average molecular weight is 473 g/mol. The van der Waals surface area contributed by atoms with Gasteiger partial charge in [-0.15, -0.1) is 0 Å². The van der Waals surface area contributed by atoms with Crippen LogP contribution in [0.25, 0.3) is 28.1 Å². The van der Waals surface area contributed by atoms with E-state index in [2.05, 4.69) is 15.3 Å². The fourth-order valence-corrected chi connectivity index (χ4v) is 4.55. The van der Waals surface area contributed by atoms with Crippen molar-refractivity contribution in [2.75, 3.05) is 13.7 Å². The van der Waals surface area contributed by atoms with Gasteiger partial charge in [0.15, 0.2) is 5.65 Å². The van der Waals surface area contributed by atoms with Crippen LogP contribution in [-0.2, 0) is 11.3 Å². The number of rotatable bonds is 4. The van der Waals surface area contributed by atoms with Crippen molar-refractivity contribution in [3.05, 3.63) is 76.9 Å². The third-order valence-electron chi connectivity index (χ3n) is 6.24. The summed E-state index contributed by atoms with van der Waals surface area (Å²) in [6.07, 6.45) is 3.57. The second-order valence-electron chi connectivity index (χ2n) is 8.23. The number of imidazole rings is 2. The van der Waals surface area contributed by atoms with Gasteiger partial charge < -0.3 is 10.1 Å². The minimum atomic E-state index is -0.409. The standard InChI is InChI=1S/C24H20FN7O3/c1-26-21(33)12-30-19-11-27-23(31-13-28-16-7-6-14(25)10-18(16)31)29-22(19)32(24(30)34)17-8-9-35-20-5-3-2-4-15(17)20/h2-7,10-11,13,17H,8-9,12H2,1H3,(H,26,33)/t17-/m1/s1. The van der Waals surface area contributed by atoms with Gasteiger partial charge in [-0.1, -0.05) is 18.2 Å². The zero-order valence-corrected chi connectivity index (χ0v) is 18.7. The van der Waals surface area contributed by atoms with Crippen molar-refractivity contribution in [3.63, 3.8) is 0 Å². The predicted octanol–water partition coefficient (Wildman–Crippen LogP) is 2.19. The Kier molecular flexibility index (Phi) is 4.83. The zero-order chi connectivity index (χ0) is 24.1. The van der Waals surface area contributed by atoms with Gasteiger partial charge in [-0.3, -0.25) is 18.5 Å². The molecule has 35 heavy (non-hydrogen) atoms. The summed E-state index contributed by atoms with van der Waals surface area (Å²) in [5.41, 5.74) is 2.35. The SMILES string of the molecule is CNC(=O)Cn1c(=O)n([C@@H]2CCOc3ccccc32)c2nc(-n3cnc4ccc(F)cc43)ncc21. The maximum absolute atomic E-state index is 13.9. The number of fused-ring (bicyclic) bond motifs is 3. The highest BCUT2D eigenvalue weighted by Gasteiger charge is 2.29. The lowest BCUT2D eigenvalue weighted by Crippen LogP contribution is -2.34. The first-order valence-corrected chi connectivity index (χ1v) is 11.1. The molecule has 1 aliphatic rings. The molecule has 3 aromatic heterocycles. The molecule has 4 heterocycles. The van der Waals surface area contributed by atoms with Gasteiger partial charge in [0, 0.05) is 25.1 Å². The maximum Gasteiger partial charge on any atom is 0.331 e. The van der Waals surface area contributed by atoms with E-state index in [4.69, 9.17) is 9.72 Å². The molecule has 6 rings (SSSR count). The number of amides is 1. The summed E-state index contributed by atoms with van der Waals surface area (Å²) >= 11 is 0. The number of carbonyl (C=O) groups excluding carboxylic acids is 1. The van der Waals surface area contributed by atoms with Crippen LogP contribution in [0.4, 0.5) is 4.39 Å². The number of nitrogens with zero attached hydrogens (tertiary/aromatic N) is 6. The molecule has 0 spiro atoms. The van der Waals surface area contributed by atoms with Gasteiger partial charge in [-0.2, -0.15) is 4.98 Å². The van der Waals surface area contributed by atoms with Gasteiger partial charge in [0.05, 0.1) is 29.9 Å². The molecule has 0 unspecified atom stereocenters. The van der Waals surface area contributed by atoms with E-state index in [9.17, 15) is 14.0 Å². The molecule has 0 fully saturated rings. The number of para-hydroxylation sites is 1. The third-order valence-corrected chi connectivity index (χ3v) is 6.24. The van der Waals surface area contributed by atoms with Crippen molar-refractivity contribution in [3.8, 4) is 11.7 Å². The summed E-state index contributed by atoms with van der Waals surface area (Å²) in [5, 5.41) is 2.55. The van der Waals surface area contributed by atoms with Crippen molar-refractivity contribution < 1.29 is 13.9 Å². The number of hydrogen-bond donors (Lipinski definition) is 1. The van der Waals surface area contributed by atoms with Gasteiger partial charge in [-0.25, -0.2) is 19.2 Å². The first-order chi connectivity index (χ1) is 17.0. The van der Waals surface area contributed by atoms with E-state index in [0.29, 0.717) is 41.0 Å². The lowest BCUT2D eigenvalue weighted by Gasteiger charge is -2.26. The van der Waals surface area contributed by atoms with Crippen molar-refractivity contribution >= 4 is 28.1 Å². The molecule has 1 amide bonds. The molecule has 1 atom stereocenters. The number of ether oxygens (including phenoxy) is 1. The molecule has 1 N–H and O–H groups in total. The second kappa shape index (κ2) is 8.05. The quantitative estimate of drug-likeness (QED) is 0.429. The molecule has 0 bridgehead atoms. The number of aromatic nitrogens is 6. The largest absolute Gasteiger partial charge is 0.493 e. The van der Waals surface area contributed by atoms with Gasteiger partial charge >= 0.3 is 5.69 Å². The van der Waals surface area contributed by atoms with E-state index in [1.807, 2.05) is 24.3 Å². The molecule has 0 aliphatic carbocycles. The Morgan fingerprint density at radius 3 is 2.91 bits per heavy atom. The van der Waals surface area contributed by atoms with Crippen LogP contribution in [0.5, 0.6) is 5.75 Å². The van der Waals surface area contributed by atoms with E-state index in [1.165, 1.54) is 36.3 Å². The first kappa shape index (κ1) is 21.0. The summed E-state index contributed by atoms with van der Waals surface area (Å²) in [7, 11) is 1.51. The average Bonchev–Trinajstić information content (AvgIpc) is 3.41. The van der Waals surface area contributed by atoms with Gasteiger partial charge in [0.1, 0.15) is 30.0 Å². The highest BCUT2D eigenvalue weighted by atomic mass is 19.1. The van der Waals surface area contributed by atoms with Crippen LogP contribution < -0.4 is 15.7 Å². The Labute approximate surface area is 197 Å². The molecule has 5 aromatic rings. The predicted molar refractivity (Wildman–Crippen MR) is 125 cm³/mol. The van der Waals surface area contributed by atoms with Crippen molar-refractivity contribution in [2.45, 2.75) is 19.0 Å². The molecule has 0 saturated carbocycles. The molecule has 2 aromatic carbocycles. The Morgan fingerprint density at radius 1 is 1.20 bits per heavy atom. The van der Waals surface area contributed by atoms with Crippen molar-refractivity contribution in [1.82, 2.24) is 34.0 Å². The van der Waals surface area contributed by atoms with E-state index in [1.54, 1.807) is 15.2 Å². The van der Waals surface area contributed by atoms with Crippen LogP contribution in [0, 0.1) is 5.82 Å². The maximum atomic E-state index is 13.9. The fourth-order valence-electron chi connectivity index (χ4n) is 4.55. The number of likely N-dealkylation sites (N-methyl/N-ethyl adjacent to an activating group) is 1. The smallest absolute Gasteiger partial charge is 0.331 e. The van der Waals surface area contributed by atoms with E-state index >= 15 is 0 Å². The van der Waals surface area contributed by atoms with Gasteiger partial charge in [0.2, 0.25) is 11.9 Å². The third kappa shape index (κ3) is 3.35. The summed E-state index contributed by atoms with van der Waals surface area (Å²) in [6.45, 7) is 0.255. The highest BCUT2D eigenvalue weighted by molar-refractivity contribution is 5.80. The summed E-state index contributed by atoms with van der Waals surface area (Å²) in [5.74, 6) is 0.205. The minimum Gasteiger partial charge on any atom is -0.493 e. The molecule has 0 saturated heterocycles. The topological polar surface area (TPSA) is 109 Å².